The Morgan fingerprint density at radius 2 is 0.703 bits per heavy atom. The lowest BCUT2D eigenvalue weighted by atomic mass is 10.1. The van der Waals surface area contributed by atoms with Gasteiger partial charge in [0, 0.05) is 19.4 Å². The van der Waals surface area contributed by atoms with E-state index in [2.05, 4.69) is 154 Å². The number of ether oxygens (including phenoxy) is 3. The second-order valence-corrected chi connectivity index (χ2v) is 16.3. The maximum atomic E-state index is 12.8. The van der Waals surface area contributed by atoms with E-state index in [1.807, 2.05) is 0 Å². The highest BCUT2D eigenvalue weighted by atomic mass is 16.6. The van der Waals surface area contributed by atoms with E-state index in [0.29, 0.717) is 19.4 Å². The van der Waals surface area contributed by atoms with Gasteiger partial charge in [0.2, 0.25) is 0 Å². The normalized spacial score (nSPS) is 13.4. The highest BCUT2D eigenvalue weighted by molar-refractivity contribution is 5.70. The van der Waals surface area contributed by atoms with Crippen molar-refractivity contribution in [3.05, 3.63) is 134 Å². The van der Waals surface area contributed by atoms with E-state index in [4.69, 9.17) is 14.2 Å². The lowest BCUT2D eigenvalue weighted by molar-refractivity contribution is -0.162. The summed E-state index contributed by atoms with van der Waals surface area (Å²) in [5.41, 5.74) is 0. The molecule has 0 aromatic heterocycles. The average Bonchev–Trinajstić information content (AvgIpc) is 3.30. The van der Waals surface area contributed by atoms with Gasteiger partial charge in [-0.2, -0.15) is 0 Å². The molecule has 0 aliphatic rings. The van der Waals surface area contributed by atoms with E-state index in [9.17, 15) is 9.59 Å². The summed E-state index contributed by atoms with van der Waals surface area (Å²) >= 11 is 0. The predicted molar refractivity (Wildman–Crippen MR) is 278 cm³/mol. The van der Waals surface area contributed by atoms with Gasteiger partial charge in [0.25, 0.3) is 0 Å². The summed E-state index contributed by atoms with van der Waals surface area (Å²) in [5.74, 6) is -0.506. The number of unbranched alkanes of at least 4 members (excludes halogenated alkanes) is 12. The SMILES string of the molecule is CC/C=C\C/C=C\C/C=C\C/C=C\C/C=C\C/C=C\CCCOCC(COC(=O)CCC/C=C\C/C=C\C/C=C\C/C=C\C/C=C\CC)OC(=O)CCCCCCCCCCCCC. The molecule has 5 nitrogen and oxygen atoms in total. The lowest BCUT2D eigenvalue weighted by Gasteiger charge is -2.18. The van der Waals surface area contributed by atoms with Crippen LogP contribution in [0.4, 0.5) is 0 Å². The van der Waals surface area contributed by atoms with Gasteiger partial charge in [-0.3, -0.25) is 9.59 Å². The van der Waals surface area contributed by atoms with Crippen molar-refractivity contribution < 1.29 is 23.8 Å². The van der Waals surface area contributed by atoms with Crippen LogP contribution < -0.4 is 0 Å². The van der Waals surface area contributed by atoms with Crippen molar-refractivity contribution in [2.75, 3.05) is 19.8 Å². The van der Waals surface area contributed by atoms with Crippen LogP contribution in [-0.4, -0.2) is 37.9 Å². The van der Waals surface area contributed by atoms with Crippen LogP contribution in [0, 0.1) is 0 Å². The summed E-state index contributed by atoms with van der Waals surface area (Å²) in [6, 6.07) is 0. The first-order chi connectivity index (χ1) is 31.6. The number of hydrogen-bond acceptors (Lipinski definition) is 5. The first-order valence-electron chi connectivity index (χ1n) is 25.7. The Morgan fingerprint density at radius 3 is 1.11 bits per heavy atom. The summed E-state index contributed by atoms with van der Waals surface area (Å²) in [7, 11) is 0. The van der Waals surface area contributed by atoms with Gasteiger partial charge in [0.1, 0.15) is 6.61 Å². The second-order valence-electron chi connectivity index (χ2n) is 16.3. The predicted octanol–water partition coefficient (Wildman–Crippen LogP) is 17.6. The number of carbonyl (C=O) groups is 2. The third-order valence-electron chi connectivity index (χ3n) is 10.2. The van der Waals surface area contributed by atoms with Crippen molar-refractivity contribution in [1.29, 1.82) is 0 Å². The molecule has 0 aromatic rings. The molecule has 1 unspecified atom stereocenters. The monoisotopic (exact) mass is 883 g/mol. The van der Waals surface area contributed by atoms with Crippen LogP contribution in [0.1, 0.15) is 201 Å². The minimum Gasteiger partial charge on any atom is -0.462 e. The summed E-state index contributed by atoms with van der Waals surface area (Å²) < 4.78 is 17.3. The fourth-order valence-corrected chi connectivity index (χ4v) is 6.44. The first kappa shape index (κ1) is 60.0. The Kier molecular flexibility index (Phi) is 50.1. The van der Waals surface area contributed by atoms with E-state index in [1.54, 1.807) is 0 Å². The number of rotatable bonds is 45. The smallest absolute Gasteiger partial charge is 0.306 e. The van der Waals surface area contributed by atoms with Crippen LogP contribution in [0.25, 0.3) is 0 Å². The molecule has 0 spiro atoms. The highest BCUT2D eigenvalue weighted by Crippen LogP contribution is 2.13. The zero-order valence-electron chi connectivity index (χ0n) is 41.2. The Labute approximate surface area is 394 Å². The number of carbonyl (C=O) groups excluding carboxylic acids is 2. The van der Waals surface area contributed by atoms with Gasteiger partial charge in [0.15, 0.2) is 6.10 Å². The average molecular weight is 883 g/mol. The summed E-state index contributed by atoms with van der Waals surface area (Å²) in [5, 5.41) is 0. The van der Waals surface area contributed by atoms with Gasteiger partial charge < -0.3 is 14.2 Å². The summed E-state index contributed by atoms with van der Waals surface area (Å²) in [4.78, 5) is 25.3. The van der Waals surface area contributed by atoms with Gasteiger partial charge in [0.05, 0.1) is 6.61 Å². The van der Waals surface area contributed by atoms with Crippen molar-refractivity contribution in [2.45, 2.75) is 207 Å². The first-order valence-corrected chi connectivity index (χ1v) is 25.7. The fourth-order valence-electron chi connectivity index (χ4n) is 6.44. The van der Waals surface area contributed by atoms with Gasteiger partial charge in [-0.15, -0.1) is 0 Å². The standard InChI is InChI=1S/C59H94O5/c1-4-7-10-13-16-19-22-24-26-28-29-30-32-34-36-39-42-45-48-51-54-62-55-57(64-59(61)53-50-47-44-41-37-21-18-15-12-9-6-3)56-63-58(60)52-49-46-43-40-38-35-33-31-27-25-23-20-17-14-11-8-5-2/h7-8,10-11,16-17,19-20,24-27,29-30,33-36,40,42-43,45,57H,4-6,9,12-15,18,21-23,28,31-32,37-39,41,44,46-56H2,1-3H3/b10-7-,11-8-,19-16-,20-17-,26-24-,27-25-,30-29-,35-33-,36-34-,43-40-,45-42-. The van der Waals surface area contributed by atoms with Crippen LogP contribution in [0.5, 0.6) is 0 Å². The molecular weight excluding hydrogens is 789 g/mol. The minimum absolute atomic E-state index is 0.0254. The zero-order chi connectivity index (χ0) is 46.3. The van der Waals surface area contributed by atoms with Gasteiger partial charge in [-0.1, -0.05) is 219 Å². The molecule has 360 valence electrons. The van der Waals surface area contributed by atoms with Crippen LogP contribution in [-0.2, 0) is 23.8 Å². The number of esters is 2. The second kappa shape index (κ2) is 53.4. The van der Waals surface area contributed by atoms with Crippen LogP contribution in [0.3, 0.4) is 0 Å². The maximum Gasteiger partial charge on any atom is 0.306 e. The third kappa shape index (κ3) is 50.7. The largest absolute Gasteiger partial charge is 0.462 e. The molecule has 0 aromatic carbocycles. The minimum atomic E-state index is -0.596. The Morgan fingerprint density at radius 1 is 0.359 bits per heavy atom. The molecule has 0 aliphatic carbocycles. The topological polar surface area (TPSA) is 61.8 Å². The number of allylic oxidation sites excluding steroid dienone is 22. The molecule has 0 rings (SSSR count). The van der Waals surface area contributed by atoms with Gasteiger partial charge in [-0.05, 0) is 103 Å². The molecule has 0 heterocycles. The molecular formula is C59H94O5. The molecule has 0 fully saturated rings. The lowest BCUT2D eigenvalue weighted by Crippen LogP contribution is -2.30. The Bertz CT molecular complexity index is 1370. The molecule has 0 saturated carbocycles. The molecule has 64 heavy (non-hydrogen) atoms. The van der Waals surface area contributed by atoms with Gasteiger partial charge >= 0.3 is 11.9 Å². The number of hydrogen-bond donors (Lipinski definition) is 0. The van der Waals surface area contributed by atoms with E-state index in [0.717, 1.165) is 116 Å². The van der Waals surface area contributed by atoms with Crippen LogP contribution in [0.15, 0.2) is 134 Å². The maximum absolute atomic E-state index is 12.8. The highest BCUT2D eigenvalue weighted by Gasteiger charge is 2.17. The Balaban J connectivity index is 4.46. The van der Waals surface area contributed by atoms with Crippen LogP contribution >= 0.6 is 0 Å². The third-order valence-corrected chi connectivity index (χ3v) is 10.2. The fraction of sp³-hybridized carbons (Fsp3) is 0.593. The summed E-state index contributed by atoms with van der Waals surface area (Å²) in [6.45, 7) is 7.37. The quantitative estimate of drug-likeness (QED) is 0.0346. The van der Waals surface area contributed by atoms with Crippen molar-refractivity contribution >= 4 is 11.9 Å². The zero-order valence-corrected chi connectivity index (χ0v) is 41.2. The molecule has 0 N–H and O–H groups in total. The van der Waals surface area contributed by atoms with Gasteiger partial charge in [-0.25, -0.2) is 0 Å². The van der Waals surface area contributed by atoms with E-state index >= 15 is 0 Å². The van der Waals surface area contributed by atoms with Crippen molar-refractivity contribution in [3.63, 3.8) is 0 Å². The van der Waals surface area contributed by atoms with Crippen LogP contribution in [0.2, 0.25) is 0 Å². The molecule has 0 bridgehead atoms. The summed E-state index contributed by atoms with van der Waals surface area (Å²) in [6.07, 6.45) is 76.2. The molecule has 5 heteroatoms. The molecule has 1 atom stereocenters. The molecule has 0 saturated heterocycles. The van der Waals surface area contributed by atoms with Crippen molar-refractivity contribution in [1.82, 2.24) is 0 Å². The van der Waals surface area contributed by atoms with Crippen molar-refractivity contribution in [3.8, 4) is 0 Å². The Hall–Kier alpha value is -3.96. The molecule has 0 aliphatic heterocycles. The van der Waals surface area contributed by atoms with Crippen molar-refractivity contribution in [2.24, 2.45) is 0 Å². The van der Waals surface area contributed by atoms with E-state index < -0.39 is 6.10 Å². The van der Waals surface area contributed by atoms with E-state index in [-0.39, 0.29) is 25.2 Å². The molecule has 0 amide bonds. The molecule has 0 radical (unpaired) electrons. The van der Waals surface area contributed by atoms with E-state index in [1.165, 1.54) is 51.4 Å².